The molecular weight excluding hydrogens is 238 g/mol. The molecule has 1 aliphatic carbocycles. The fourth-order valence-electron chi connectivity index (χ4n) is 3.11. The van der Waals surface area contributed by atoms with Crippen molar-refractivity contribution in [2.24, 2.45) is 5.92 Å². The Morgan fingerprint density at radius 3 is 2.33 bits per heavy atom. The van der Waals surface area contributed by atoms with Gasteiger partial charge in [0.15, 0.2) is 0 Å². The third-order valence-corrected chi connectivity index (χ3v) is 5.15. The summed E-state index contributed by atoms with van der Waals surface area (Å²) in [5.74, 6) is 0.699. The summed E-state index contributed by atoms with van der Waals surface area (Å²) >= 11 is 1.89. The summed E-state index contributed by atoms with van der Waals surface area (Å²) in [6.45, 7) is 2.22. The molecule has 0 amide bonds. The van der Waals surface area contributed by atoms with Crippen LogP contribution >= 0.6 is 11.3 Å². The van der Waals surface area contributed by atoms with Crippen molar-refractivity contribution in [1.29, 1.82) is 0 Å². The number of thiophene rings is 1. The van der Waals surface area contributed by atoms with Gasteiger partial charge in [-0.05, 0) is 60.9 Å². The van der Waals surface area contributed by atoms with Crippen LogP contribution in [0.5, 0.6) is 0 Å². The molecular formula is C16H19NS. The summed E-state index contributed by atoms with van der Waals surface area (Å²) in [6.07, 6.45) is 2.41. The predicted octanol–water partition coefficient (Wildman–Crippen LogP) is 3.73. The van der Waals surface area contributed by atoms with E-state index in [1.54, 1.807) is 0 Å². The van der Waals surface area contributed by atoms with Crippen LogP contribution in [0.2, 0.25) is 0 Å². The lowest BCUT2D eigenvalue weighted by molar-refractivity contribution is 0.401. The van der Waals surface area contributed by atoms with E-state index >= 15 is 0 Å². The fourth-order valence-corrected chi connectivity index (χ4v) is 4.24. The number of benzene rings is 1. The van der Waals surface area contributed by atoms with Gasteiger partial charge in [-0.25, -0.2) is 0 Å². The van der Waals surface area contributed by atoms with Crippen LogP contribution < -0.4 is 5.32 Å². The number of hydrogen-bond donors (Lipinski definition) is 1. The normalized spacial score (nSPS) is 16.8. The van der Waals surface area contributed by atoms with Gasteiger partial charge in [0.05, 0.1) is 0 Å². The van der Waals surface area contributed by atoms with Gasteiger partial charge >= 0.3 is 0 Å². The van der Waals surface area contributed by atoms with Crippen LogP contribution in [-0.4, -0.2) is 7.05 Å². The van der Waals surface area contributed by atoms with Gasteiger partial charge in [-0.3, -0.25) is 0 Å². The zero-order valence-electron chi connectivity index (χ0n) is 10.9. The molecule has 1 aliphatic rings. The van der Waals surface area contributed by atoms with Crippen LogP contribution in [-0.2, 0) is 12.8 Å². The third-order valence-electron chi connectivity index (χ3n) is 4.05. The molecule has 1 atom stereocenters. The van der Waals surface area contributed by atoms with E-state index in [4.69, 9.17) is 0 Å². The van der Waals surface area contributed by atoms with Gasteiger partial charge in [0.1, 0.15) is 0 Å². The summed E-state index contributed by atoms with van der Waals surface area (Å²) < 4.78 is 0. The molecule has 0 fully saturated rings. The predicted molar refractivity (Wildman–Crippen MR) is 78.2 cm³/mol. The van der Waals surface area contributed by atoms with E-state index in [9.17, 15) is 0 Å². The first-order chi connectivity index (χ1) is 8.79. The molecule has 0 bridgehead atoms. The zero-order valence-corrected chi connectivity index (χ0v) is 11.8. The molecule has 0 spiro atoms. The second-order valence-electron chi connectivity index (χ2n) is 5.17. The van der Waals surface area contributed by atoms with Gasteiger partial charge in [-0.1, -0.05) is 24.3 Å². The molecule has 1 nitrogen and oxygen atoms in total. The highest BCUT2D eigenvalue weighted by Gasteiger charge is 2.29. The maximum absolute atomic E-state index is 3.53. The number of nitrogens with one attached hydrogen (secondary N) is 1. The van der Waals surface area contributed by atoms with E-state index in [1.807, 2.05) is 11.3 Å². The topological polar surface area (TPSA) is 12.0 Å². The van der Waals surface area contributed by atoms with Crippen LogP contribution in [0.1, 0.15) is 27.6 Å². The van der Waals surface area contributed by atoms with Gasteiger partial charge in [0.25, 0.3) is 0 Å². The maximum atomic E-state index is 3.53. The van der Waals surface area contributed by atoms with E-state index < -0.39 is 0 Å². The Hall–Kier alpha value is -1.12. The Balaban J connectivity index is 1.86. The highest BCUT2D eigenvalue weighted by Crippen LogP contribution is 2.37. The first-order valence-corrected chi connectivity index (χ1v) is 7.45. The summed E-state index contributed by atoms with van der Waals surface area (Å²) in [4.78, 5) is 1.51. The number of fused-ring (bicyclic) bond motifs is 1. The lowest BCUT2D eigenvalue weighted by Gasteiger charge is -2.22. The van der Waals surface area contributed by atoms with Crippen molar-refractivity contribution in [2.45, 2.75) is 25.8 Å². The second kappa shape index (κ2) is 4.87. The second-order valence-corrected chi connectivity index (χ2v) is 6.12. The minimum absolute atomic E-state index is 0.498. The Bertz CT molecular complexity index is 519. The van der Waals surface area contributed by atoms with Crippen LogP contribution in [0.15, 0.2) is 35.7 Å². The standard InChI is InChI=1S/C16H19NS/c1-11-7-8-18-16(11)15(17-2)14-9-12-5-3-4-6-13(12)10-14/h3-8,14-15,17H,9-10H2,1-2H3. The smallest absolute Gasteiger partial charge is 0.0450 e. The van der Waals surface area contributed by atoms with Gasteiger partial charge in [-0.2, -0.15) is 0 Å². The summed E-state index contributed by atoms with van der Waals surface area (Å²) in [5.41, 5.74) is 4.50. The molecule has 1 aromatic heterocycles. The van der Waals surface area contributed by atoms with Crippen molar-refractivity contribution in [1.82, 2.24) is 5.32 Å². The zero-order chi connectivity index (χ0) is 12.5. The van der Waals surface area contributed by atoms with Crippen LogP contribution in [0.3, 0.4) is 0 Å². The quantitative estimate of drug-likeness (QED) is 0.883. The molecule has 2 aromatic rings. The molecule has 1 aromatic carbocycles. The largest absolute Gasteiger partial charge is 0.312 e. The van der Waals surface area contributed by atoms with Gasteiger partial charge in [0, 0.05) is 10.9 Å². The molecule has 0 radical (unpaired) electrons. The Morgan fingerprint density at radius 2 is 1.83 bits per heavy atom. The first-order valence-electron chi connectivity index (χ1n) is 6.57. The SMILES string of the molecule is CNC(c1sccc1C)C1Cc2ccccc2C1. The average Bonchev–Trinajstić information content (AvgIpc) is 2.97. The lowest BCUT2D eigenvalue weighted by Crippen LogP contribution is -2.25. The summed E-state index contributed by atoms with van der Waals surface area (Å²) in [6, 6.07) is 11.6. The van der Waals surface area contributed by atoms with Crippen molar-refractivity contribution in [3.8, 4) is 0 Å². The Labute approximate surface area is 113 Å². The van der Waals surface area contributed by atoms with Crippen molar-refractivity contribution < 1.29 is 0 Å². The molecule has 0 saturated carbocycles. The van der Waals surface area contributed by atoms with Crippen LogP contribution in [0.25, 0.3) is 0 Å². The van der Waals surface area contributed by atoms with Gasteiger partial charge in [0.2, 0.25) is 0 Å². The number of hydrogen-bond acceptors (Lipinski definition) is 2. The van der Waals surface area contributed by atoms with Crippen LogP contribution in [0.4, 0.5) is 0 Å². The molecule has 1 N–H and O–H groups in total. The monoisotopic (exact) mass is 257 g/mol. The van der Waals surface area contributed by atoms with Crippen molar-refractivity contribution in [3.63, 3.8) is 0 Å². The van der Waals surface area contributed by atoms with E-state index in [1.165, 1.54) is 34.4 Å². The Morgan fingerprint density at radius 1 is 1.17 bits per heavy atom. The molecule has 3 rings (SSSR count). The van der Waals surface area contributed by atoms with Gasteiger partial charge in [-0.15, -0.1) is 11.3 Å². The van der Waals surface area contributed by atoms with Gasteiger partial charge < -0.3 is 5.32 Å². The summed E-state index contributed by atoms with van der Waals surface area (Å²) in [7, 11) is 2.09. The minimum atomic E-state index is 0.498. The van der Waals surface area contributed by atoms with E-state index in [-0.39, 0.29) is 0 Å². The average molecular weight is 257 g/mol. The van der Waals surface area contributed by atoms with Crippen molar-refractivity contribution in [2.75, 3.05) is 7.05 Å². The molecule has 18 heavy (non-hydrogen) atoms. The summed E-state index contributed by atoms with van der Waals surface area (Å²) in [5, 5.41) is 5.74. The molecule has 1 unspecified atom stereocenters. The fraction of sp³-hybridized carbons (Fsp3) is 0.375. The first kappa shape index (κ1) is 11.9. The van der Waals surface area contributed by atoms with E-state index in [2.05, 4.69) is 55.0 Å². The van der Waals surface area contributed by atoms with Crippen LogP contribution in [0, 0.1) is 12.8 Å². The molecule has 0 saturated heterocycles. The number of rotatable bonds is 3. The maximum Gasteiger partial charge on any atom is 0.0450 e. The third kappa shape index (κ3) is 2.00. The van der Waals surface area contributed by atoms with E-state index in [0.29, 0.717) is 12.0 Å². The lowest BCUT2D eigenvalue weighted by atomic mass is 9.94. The minimum Gasteiger partial charge on any atom is -0.312 e. The van der Waals surface area contributed by atoms with E-state index in [0.717, 1.165) is 0 Å². The highest BCUT2D eigenvalue weighted by atomic mass is 32.1. The molecule has 1 heterocycles. The number of aryl methyl sites for hydroxylation is 1. The highest BCUT2D eigenvalue weighted by molar-refractivity contribution is 7.10. The van der Waals surface area contributed by atoms with Crippen molar-refractivity contribution in [3.05, 3.63) is 57.3 Å². The Kier molecular flexibility index (Phi) is 3.23. The molecule has 2 heteroatoms. The molecule has 94 valence electrons. The molecule has 0 aliphatic heterocycles. The van der Waals surface area contributed by atoms with Crippen molar-refractivity contribution >= 4 is 11.3 Å².